The molecule has 2 fully saturated rings. The number of hydroxylamine groups is 1. The predicted molar refractivity (Wildman–Crippen MR) is 223 cm³/mol. The molecule has 0 radical (unpaired) electrons. The van der Waals surface area contributed by atoms with E-state index in [1.807, 2.05) is 32.5 Å². The summed E-state index contributed by atoms with van der Waals surface area (Å²) in [6, 6.07) is -3.08. The van der Waals surface area contributed by atoms with E-state index in [1.54, 1.807) is 6.92 Å². The molecular formula is C37H64N10O10S2. The minimum Gasteiger partial charge on any atom is -0.368 e. The molecule has 0 spiro atoms. The quantitative estimate of drug-likeness (QED) is 0.0144. The maximum Gasteiger partial charge on any atom is 0.315 e. The molecule has 0 bridgehead atoms. The molecule has 0 aromatic heterocycles. The number of thioether (sulfide) groups is 1. The highest BCUT2D eigenvalue weighted by atomic mass is 32.2. The maximum atomic E-state index is 13.3. The number of carbonyl (C=O) groups is 9. The third kappa shape index (κ3) is 18.7. The molecule has 0 aliphatic carbocycles. The van der Waals surface area contributed by atoms with Crippen molar-refractivity contribution in [3.8, 4) is 0 Å². The number of hydrogen-bond acceptors (Lipinski definition) is 12. The van der Waals surface area contributed by atoms with Crippen LogP contribution < -0.4 is 53.7 Å². The molecule has 2 saturated heterocycles. The molecule has 2 rings (SSSR count). The first kappa shape index (κ1) is 50.8. The first-order valence-corrected chi connectivity index (χ1v) is 21.9. The van der Waals surface area contributed by atoms with Gasteiger partial charge < -0.3 is 48.3 Å². The van der Waals surface area contributed by atoms with Gasteiger partial charge in [-0.2, -0.15) is 24.4 Å². The van der Waals surface area contributed by atoms with Crippen LogP contribution in [-0.2, 0) is 38.4 Å². The highest BCUT2D eigenvalue weighted by Crippen LogP contribution is 2.33. The van der Waals surface area contributed by atoms with Gasteiger partial charge >= 0.3 is 6.03 Å². The molecule has 2 aliphatic rings. The zero-order chi connectivity index (χ0) is 44.1. The minimum atomic E-state index is -1.20. The zero-order valence-corrected chi connectivity index (χ0v) is 36.1. The number of fused-ring (bicyclic) bond motifs is 1. The van der Waals surface area contributed by atoms with Crippen LogP contribution in [0.15, 0.2) is 0 Å². The number of unbranched alkanes of at least 4 members (excludes halogenated alkanes) is 2. The Bertz CT molecular complexity index is 1470. The summed E-state index contributed by atoms with van der Waals surface area (Å²) in [7, 11) is 0. The maximum absolute atomic E-state index is 13.3. The van der Waals surface area contributed by atoms with Crippen LogP contribution >= 0.6 is 24.4 Å². The van der Waals surface area contributed by atoms with Gasteiger partial charge in [0.15, 0.2) is 0 Å². The first-order chi connectivity index (χ1) is 28.0. The SMILES string of the molecule is CC[C@H](C)[C@H](NC(=O)C(CC(=O)NO)CC(C)C)C(=O)N[C@@H](CS)C(=O)NCC(=O)NCC(=O)N[C@@H](CCCCNC(=O)CCCC[C@@H]1SC[C@@H]2NC(=O)N[C@@H]21)C(N)=O. The number of nitrogens with one attached hydrogen (secondary N) is 9. The summed E-state index contributed by atoms with van der Waals surface area (Å²) >= 11 is 5.99. The van der Waals surface area contributed by atoms with Crippen LogP contribution in [0.4, 0.5) is 4.79 Å². The molecule has 0 aromatic rings. The van der Waals surface area contributed by atoms with Crippen molar-refractivity contribution in [3.05, 3.63) is 0 Å². The summed E-state index contributed by atoms with van der Waals surface area (Å²) in [5.41, 5.74) is 6.98. The molecule has 1 unspecified atom stereocenters. The number of rotatable bonds is 28. The predicted octanol–water partition coefficient (Wildman–Crippen LogP) is -1.30. The van der Waals surface area contributed by atoms with Crippen molar-refractivity contribution in [1.29, 1.82) is 0 Å². The lowest BCUT2D eigenvalue weighted by atomic mass is 9.91. The molecule has 22 heteroatoms. The summed E-state index contributed by atoms with van der Waals surface area (Å²) in [6.45, 7) is 6.60. The van der Waals surface area contributed by atoms with Gasteiger partial charge in [-0.15, -0.1) is 0 Å². The van der Waals surface area contributed by atoms with E-state index in [9.17, 15) is 43.2 Å². The third-order valence-corrected chi connectivity index (χ3v) is 12.0. The molecule has 59 heavy (non-hydrogen) atoms. The number of amides is 10. The first-order valence-electron chi connectivity index (χ1n) is 20.2. The monoisotopic (exact) mass is 872 g/mol. The average molecular weight is 873 g/mol. The van der Waals surface area contributed by atoms with Crippen LogP contribution in [0.25, 0.3) is 0 Å². The molecule has 10 amide bonds. The molecule has 334 valence electrons. The molecule has 2 heterocycles. The van der Waals surface area contributed by atoms with Crippen molar-refractivity contribution in [2.24, 2.45) is 23.5 Å². The van der Waals surface area contributed by atoms with Crippen LogP contribution in [0, 0.1) is 17.8 Å². The van der Waals surface area contributed by atoms with Crippen LogP contribution in [-0.4, -0.2) is 125 Å². The van der Waals surface area contributed by atoms with Gasteiger partial charge in [0.25, 0.3) is 0 Å². The second kappa shape index (κ2) is 26.7. The number of thiol groups is 1. The van der Waals surface area contributed by atoms with Crippen molar-refractivity contribution in [2.75, 3.05) is 31.1 Å². The zero-order valence-electron chi connectivity index (χ0n) is 34.4. The molecular weight excluding hydrogens is 809 g/mol. The minimum absolute atomic E-state index is 0.0350. The Kier molecular flexibility index (Phi) is 23.0. The van der Waals surface area contributed by atoms with E-state index >= 15 is 0 Å². The van der Waals surface area contributed by atoms with E-state index in [0.29, 0.717) is 43.9 Å². The van der Waals surface area contributed by atoms with Gasteiger partial charge in [-0.25, -0.2) is 10.3 Å². The van der Waals surface area contributed by atoms with E-state index in [2.05, 4.69) is 55.2 Å². The Hall–Kier alpha value is -4.31. The molecule has 0 saturated carbocycles. The summed E-state index contributed by atoms with van der Waals surface area (Å²) in [4.78, 5) is 112. The second-order valence-corrected chi connectivity index (χ2v) is 17.0. The molecule has 20 nitrogen and oxygen atoms in total. The fourth-order valence-electron chi connectivity index (χ4n) is 6.68. The van der Waals surface area contributed by atoms with Crippen LogP contribution in [0.2, 0.25) is 0 Å². The Morgan fingerprint density at radius 2 is 1.54 bits per heavy atom. The van der Waals surface area contributed by atoms with E-state index in [0.717, 1.165) is 25.0 Å². The number of carbonyl (C=O) groups excluding carboxylic acids is 9. The van der Waals surface area contributed by atoms with Gasteiger partial charge in [0.05, 0.1) is 25.2 Å². The topological polar surface area (TPSA) is 308 Å². The van der Waals surface area contributed by atoms with E-state index < -0.39 is 78.5 Å². The lowest BCUT2D eigenvalue weighted by Gasteiger charge is -2.28. The lowest BCUT2D eigenvalue weighted by molar-refractivity contribution is -0.137. The van der Waals surface area contributed by atoms with E-state index in [4.69, 9.17) is 10.9 Å². The van der Waals surface area contributed by atoms with Crippen LogP contribution in [0.5, 0.6) is 0 Å². The van der Waals surface area contributed by atoms with Crippen molar-refractivity contribution < 1.29 is 48.4 Å². The smallest absolute Gasteiger partial charge is 0.315 e. The number of hydrogen-bond donors (Lipinski definition) is 12. The Balaban J connectivity index is 1.70. The molecule has 12 N–H and O–H groups in total. The van der Waals surface area contributed by atoms with Crippen molar-refractivity contribution in [2.45, 2.75) is 127 Å². The van der Waals surface area contributed by atoms with Crippen molar-refractivity contribution in [3.63, 3.8) is 0 Å². The van der Waals surface area contributed by atoms with E-state index in [1.165, 1.54) is 5.48 Å². The standard InChI is InChI=1S/C37H64N10O10S2/c1-5-21(4)31(45-34(53)22(14-20(2)3)15-28(49)47-57)36(55)43-24(18-58)35(54)41-16-29(50)40-17-30(51)42-23(33(38)52)10-8-9-13-39-27(48)12-7-6-11-26-32-25(19-59-26)44-37(56)46-32/h20-26,31-32,57-58H,5-19H2,1-4H3,(H2,38,52)(H,39,48)(H,40,50)(H,41,54)(H,42,51)(H,43,55)(H,45,53)(H,47,49)(H2,44,46,56)/t21-,22?,23-,24-,25-,26-,31-,32-/m0/s1. The van der Waals surface area contributed by atoms with Crippen LogP contribution in [0.3, 0.4) is 0 Å². The normalized spacial score (nSPS) is 19.4. The third-order valence-electron chi connectivity index (χ3n) is 10.2. The number of primary amides is 1. The molecule has 0 aromatic carbocycles. The molecule has 2 aliphatic heterocycles. The van der Waals surface area contributed by atoms with Crippen LogP contribution in [0.1, 0.15) is 91.9 Å². The van der Waals surface area contributed by atoms with Gasteiger partial charge in [0.1, 0.15) is 18.1 Å². The van der Waals surface area contributed by atoms with E-state index in [-0.39, 0.29) is 54.5 Å². The summed E-state index contributed by atoms with van der Waals surface area (Å²) in [5, 5.41) is 30.4. The van der Waals surface area contributed by atoms with Gasteiger partial charge in [-0.1, -0.05) is 40.5 Å². The average Bonchev–Trinajstić information content (AvgIpc) is 3.75. The fourth-order valence-corrected chi connectivity index (χ4v) is 8.48. The number of urea groups is 1. The van der Waals surface area contributed by atoms with Gasteiger partial charge in [0, 0.05) is 42.1 Å². The highest BCUT2D eigenvalue weighted by molar-refractivity contribution is 8.00. The largest absolute Gasteiger partial charge is 0.368 e. The molecule has 8 atom stereocenters. The highest BCUT2D eigenvalue weighted by Gasteiger charge is 2.42. The van der Waals surface area contributed by atoms with Crippen molar-refractivity contribution in [1.82, 2.24) is 48.0 Å². The summed E-state index contributed by atoms with van der Waals surface area (Å²) in [5.74, 6) is -5.41. The van der Waals surface area contributed by atoms with Gasteiger partial charge in [0.2, 0.25) is 47.3 Å². The Morgan fingerprint density at radius 3 is 2.19 bits per heavy atom. The van der Waals surface area contributed by atoms with Gasteiger partial charge in [-0.3, -0.25) is 43.6 Å². The number of nitrogens with two attached hydrogens (primary N) is 1. The van der Waals surface area contributed by atoms with Crippen molar-refractivity contribution >= 4 is 77.7 Å². The Morgan fingerprint density at radius 1 is 0.831 bits per heavy atom. The second-order valence-electron chi connectivity index (χ2n) is 15.4. The van der Waals surface area contributed by atoms with Gasteiger partial charge in [-0.05, 0) is 50.4 Å². The Labute approximate surface area is 355 Å². The lowest BCUT2D eigenvalue weighted by Crippen LogP contribution is -2.57. The summed E-state index contributed by atoms with van der Waals surface area (Å²) < 4.78 is 0. The fraction of sp³-hybridized carbons (Fsp3) is 0.757. The summed E-state index contributed by atoms with van der Waals surface area (Å²) in [6.07, 6.45) is 4.65.